The molecule has 0 unspecified atom stereocenters. The predicted molar refractivity (Wildman–Crippen MR) is 68.9 cm³/mol. The third kappa shape index (κ3) is 1.27. The SMILES string of the molecule is Cc1ccc(C)c2c1Nc1ccccc1N2. The van der Waals surface area contributed by atoms with Gasteiger partial charge in [0, 0.05) is 0 Å². The highest BCUT2D eigenvalue weighted by Crippen LogP contribution is 2.41. The van der Waals surface area contributed by atoms with Crippen LogP contribution in [0.3, 0.4) is 0 Å². The first-order chi connectivity index (χ1) is 7.75. The van der Waals surface area contributed by atoms with E-state index < -0.39 is 0 Å². The molecule has 0 amide bonds. The Hall–Kier alpha value is -1.96. The Labute approximate surface area is 95.3 Å². The predicted octanol–water partition coefficient (Wildman–Crippen LogP) is 4.10. The second-order valence-corrected chi connectivity index (χ2v) is 4.24. The molecule has 0 atom stereocenters. The van der Waals surface area contributed by atoms with Crippen LogP contribution in [-0.4, -0.2) is 0 Å². The average molecular weight is 210 g/mol. The van der Waals surface area contributed by atoms with Gasteiger partial charge in [0.05, 0.1) is 22.7 Å². The third-order valence-corrected chi connectivity index (χ3v) is 3.07. The van der Waals surface area contributed by atoms with E-state index in [2.05, 4.69) is 48.7 Å². The Balaban J connectivity index is 2.19. The van der Waals surface area contributed by atoms with Crippen LogP contribution in [0.4, 0.5) is 22.7 Å². The lowest BCUT2D eigenvalue weighted by atomic mass is 10.0. The van der Waals surface area contributed by atoms with Crippen molar-refractivity contribution in [2.45, 2.75) is 13.8 Å². The lowest BCUT2D eigenvalue weighted by Crippen LogP contribution is -2.08. The molecule has 0 saturated heterocycles. The molecule has 0 aromatic heterocycles. The molecule has 80 valence electrons. The molecule has 0 radical (unpaired) electrons. The van der Waals surface area contributed by atoms with Crippen molar-refractivity contribution in [1.82, 2.24) is 0 Å². The van der Waals surface area contributed by atoms with E-state index in [1.54, 1.807) is 0 Å². The molecule has 0 aliphatic carbocycles. The molecule has 1 heterocycles. The summed E-state index contributed by atoms with van der Waals surface area (Å²) in [6, 6.07) is 12.6. The largest absolute Gasteiger partial charge is 0.352 e. The van der Waals surface area contributed by atoms with Gasteiger partial charge in [-0.25, -0.2) is 0 Å². The molecular formula is C14H14N2. The molecule has 2 aromatic rings. The summed E-state index contributed by atoms with van der Waals surface area (Å²) in [6.45, 7) is 4.25. The molecule has 0 bridgehead atoms. The Bertz CT molecular complexity index is 509. The van der Waals surface area contributed by atoms with Crippen LogP contribution < -0.4 is 10.6 Å². The minimum Gasteiger partial charge on any atom is -0.352 e. The molecule has 0 fully saturated rings. The van der Waals surface area contributed by atoms with Crippen LogP contribution in [0.5, 0.6) is 0 Å². The standard InChI is InChI=1S/C14H14N2/c1-9-7-8-10(2)14-13(9)15-11-5-3-4-6-12(11)16-14/h3-8,15-16H,1-2H3. The number of rotatable bonds is 0. The van der Waals surface area contributed by atoms with Crippen molar-refractivity contribution in [2.75, 3.05) is 10.6 Å². The van der Waals surface area contributed by atoms with Crippen molar-refractivity contribution in [2.24, 2.45) is 0 Å². The summed E-state index contributed by atoms with van der Waals surface area (Å²) < 4.78 is 0. The quantitative estimate of drug-likeness (QED) is 0.583. The van der Waals surface area contributed by atoms with Crippen LogP contribution in [0.2, 0.25) is 0 Å². The molecule has 0 spiro atoms. The van der Waals surface area contributed by atoms with Gasteiger partial charge in [0.2, 0.25) is 0 Å². The van der Waals surface area contributed by atoms with Crippen LogP contribution in [0.25, 0.3) is 0 Å². The summed E-state index contributed by atoms with van der Waals surface area (Å²) in [7, 11) is 0. The van der Waals surface area contributed by atoms with Crippen molar-refractivity contribution in [3.05, 3.63) is 47.5 Å². The lowest BCUT2D eigenvalue weighted by molar-refractivity contribution is 1.33. The van der Waals surface area contributed by atoms with E-state index in [-0.39, 0.29) is 0 Å². The molecule has 16 heavy (non-hydrogen) atoms. The Morgan fingerprint density at radius 3 is 1.56 bits per heavy atom. The minimum absolute atomic E-state index is 1.14. The zero-order chi connectivity index (χ0) is 11.1. The van der Waals surface area contributed by atoms with Crippen molar-refractivity contribution in [3.63, 3.8) is 0 Å². The zero-order valence-electron chi connectivity index (χ0n) is 9.46. The van der Waals surface area contributed by atoms with Gasteiger partial charge in [0.15, 0.2) is 0 Å². The highest BCUT2D eigenvalue weighted by Gasteiger charge is 2.16. The van der Waals surface area contributed by atoms with Gasteiger partial charge in [-0.2, -0.15) is 0 Å². The van der Waals surface area contributed by atoms with Gasteiger partial charge < -0.3 is 10.6 Å². The summed E-state index contributed by atoms with van der Waals surface area (Å²) in [5.41, 5.74) is 7.20. The zero-order valence-corrected chi connectivity index (χ0v) is 9.46. The summed E-state index contributed by atoms with van der Waals surface area (Å²) in [6.07, 6.45) is 0. The Morgan fingerprint density at radius 2 is 1.12 bits per heavy atom. The molecule has 2 aromatic carbocycles. The van der Waals surface area contributed by atoms with Crippen molar-refractivity contribution >= 4 is 22.7 Å². The van der Waals surface area contributed by atoms with Gasteiger partial charge in [-0.15, -0.1) is 0 Å². The fourth-order valence-electron chi connectivity index (χ4n) is 2.10. The molecule has 1 aliphatic rings. The third-order valence-electron chi connectivity index (χ3n) is 3.07. The van der Waals surface area contributed by atoms with Gasteiger partial charge in [-0.3, -0.25) is 0 Å². The highest BCUT2D eigenvalue weighted by atomic mass is 15.0. The topological polar surface area (TPSA) is 24.1 Å². The number of para-hydroxylation sites is 2. The van der Waals surface area contributed by atoms with Crippen molar-refractivity contribution in [3.8, 4) is 0 Å². The van der Waals surface area contributed by atoms with Crippen LogP contribution in [0.1, 0.15) is 11.1 Å². The first-order valence-electron chi connectivity index (χ1n) is 5.49. The van der Waals surface area contributed by atoms with Crippen molar-refractivity contribution in [1.29, 1.82) is 0 Å². The number of anilines is 4. The number of nitrogens with one attached hydrogen (secondary N) is 2. The summed E-state index contributed by atoms with van der Waals surface area (Å²) in [4.78, 5) is 0. The number of aryl methyl sites for hydroxylation is 2. The first kappa shape index (κ1) is 9.28. The van der Waals surface area contributed by atoms with E-state index in [0.717, 1.165) is 11.4 Å². The van der Waals surface area contributed by atoms with E-state index in [4.69, 9.17) is 0 Å². The maximum absolute atomic E-state index is 3.49. The number of hydrogen-bond acceptors (Lipinski definition) is 2. The van der Waals surface area contributed by atoms with Gasteiger partial charge in [-0.05, 0) is 37.1 Å². The molecule has 2 N–H and O–H groups in total. The number of hydrogen-bond donors (Lipinski definition) is 2. The second-order valence-electron chi connectivity index (χ2n) is 4.24. The maximum atomic E-state index is 3.49. The fourth-order valence-corrected chi connectivity index (χ4v) is 2.10. The van der Waals surface area contributed by atoms with Crippen LogP contribution in [0.15, 0.2) is 36.4 Å². The second kappa shape index (κ2) is 3.27. The van der Waals surface area contributed by atoms with Gasteiger partial charge in [0.25, 0.3) is 0 Å². The van der Waals surface area contributed by atoms with Gasteiger partial charge >= 0.3 is 0 Å². The van der Waals surface area contributed by atoms with E-state index in [0.29, 0.717) is 0 Å². The molecular weight excluding hydrogens is 196 g/mol. The number of benzene rings is 2. The smallest absolute Gasteiger partial charge is 0.0656 e. The summed E-state index contributed by atoms with van der Waals surface area (Å²) in [5, 5.41) is 6.97. The molecule has 2 heteroatoms. The highest BCUT2D eigenvalue weighted by molar-refractivity contribution is 5.92. The summed E-state index contributed by atoms with van der Waals surface area (Å²) in [5.74, 6) is 0. The average Bonchev–Trinajstić information content (AvgIpc) is 2.32. The molecule has 1 aliphatic heterocycles. The molecule has 3 rings (SSSR count). The van der Waals surface area contributed by atoms with Crippen molar-refractivity contribution < 1.29 is 0 Å². The van der Waals surface area contributed by atoms with E-state index in [1.165, 1.54) is 22.5 Å². The van der Waals surface area contributed by atoms with Crippen LogP contribution in [0, 0.1) is 13.8 Å². The molecule has 0 saturated carbocycles. The molecule has 2 nitrogen and oxygen atoms in total. The van der Waals surface area contributed by atoms with Gasteiger partial charge in [-0.1, -0.05) is 24.3 Å². The van der Waals surface area contributed by atoms with E-state index >= 15 is 0 Å². The Morgan fingerprint density at radius 1 is 0.688 bits per heavy atom. The normalized spacial score (nSPS) is 12.1. The Kier molecular flexibility index (Phi) is 1.90. The van der Waals surface area contributed by atoms with E-state index in [1.807, 2.05) is 12.1 Å². The van der Waals surface area contributed by atoms with E-state index in [9.17, 15) is 0 Å². The lowest BCUT2D eigenvalue weighted by Gasteiger charge is -2.25. The van der Waals surface area contributed by atoms with Gasteiger partial charge in [0.1, 0.15) is 0 Å². The minimum atomic E-state index is 1.14. The maximum Gasteiger partial charge on any atom is 0.0656 e. The summed E-state index contributed by atoms with van der Waals surface area (Å²) >= 11 is 0. The van der Waals surface area contributed by atoms with Crippen LogP contribution >= 0.6 is 0 Å². The first-order valence-corrected chi connectivity index (χ1v) is 5.49. The number of fused-ring (bicyclic) bond motifs is 2. The van der Waals surface area contributed by atoms with Crippen LogP contribution in [-0.2, 0) is 0 Å². The fraction of sp³-hybridized carbons (Fsp3) is 0.143. The monoisotopic (exact) mass is 210 g/mol.